The van der Waals surface area contributed by atoms with E-state index in [9.17, 15) is 22.4 Å². The second kappa shape index (κ2) is 7.18. The van der Waals surface area contributed by atoms with E-state index in [0.717, 1.165) is 25.2 Å². The lowest BCUT2D eigenvalue weighted by atomic mass is 9.71. The standard InChI is InChI=1S/C23H18F4N6O/c24-15-4-1-3-14(17(15)19-28-5-2-6-29-19)20(34)33-11-12-7-22(12)8-16(18(22)33)32-21-30-9-13(10-31-21)23(25,26)27/h1-6,9-10,12,16,18H,7-8,11H2,(H,30,31,32). The van der Waals surface area contributed by atoms with Gasteiger partial charge in [0.15, 0.2) is 5.82 Å². The van der Waals surface area contributed by atoms with Gasteiger partial charge in [-0.15, -0.1) is 0 Å². The van der Waals surface area contributed by atoms with Crippen LogP contribution in [0.2, 0.25) is 0 Å². The van der Waals surface area contributed by atoms with Gasteiger partial charge in [0.05, 0.1) is 28.8 Å². The molecule has 7 nitrogen and oxygen atoms in total. The Morgan fingerprint density at radius 3 is 2.50 bits per heavy atom. The number of carbonyl (C=O) groups is 1. The maximum atomic E-state index is 14.8. The summed E-state index contributed by atoms with van der Waals surface area (Å²) in [4.78, 5) is 31.2. The second-order valence-corrected chi connectivity index (χ2v) is 9.02. The van der Waals surface area contributed by atoms with E-state index in [1.54, 1.807) is 17.0 Å². The van der Waals surface area contributed by atoms with Crippen molar-refractivity contribution < 1.29 is 22.4 Å². The van der Waals surface area contributed by atoms with Crippen LogP contribution in [0.15, 0.2) is 49.1 Å². The molecule has 0 bridgehead atoms. The summed E-state index contributed by atoms with van der Waals surface area (Å²) in [6.07, 6.45) is 1.69. The Morgan fingerprint density at radius 1 is 1.06 bits per heavy atom. The largest absolute Gasteiger partial charge is 0.419 e. The highest BCUT2D eigenvalue weighted by molar-refractivity contribution is 6.01. The molecule has 3 fully saturated rings. The number of piperidine rings is 1. The second-order valence-electron chi connectivity index (χ2n) is 9.02. The Bertz CT molecular complexity index is 1270. The lowest BCUT2D eigenvalue weighted by Gasteiger charge is -2.48. The average Bonchev–Trinajstić information content (AvgIpc) is 3.47. The Kier molecular flexibility index (Phi) is 4.42. The number of likely N-dealkylation sites (tertiary alicyclic amines) is 1. The monoisotopic (exact) mass is 470 g/mol. The van der Waals surface area contributed by atoms with Crippen LogP contribution >= 0.6 is 0 Å². The highest BCUT2D eigenvalue weighted by Crippen LogP contribution is 2.71. The first-order valence-corrected chi connectivity index (χ1v) is 10.8. The van der Waals surface area contributed by atoms with Gasteiger partial charge in [-0.3, -0.25) is 4.79 Å². The summed E-state index contributed by atoms with van der Waals surface area (Å²) in [7, 11) is 0. The first-order valence-electron chi connectivity index (χ1n) is 10.8. The van der Waals surface area contributed by atoms with Crippen molar-refractivity contribution in [3.8, 4) is 11.4 Å². The van der Waals surface area contributed by atoms with Gasteiger partial charge in [-0.2, -0.15) is 13.2 Å². The van der Waals surface area contributed by atoms with E-state index < -0.39 is 17.6 Å². The number of nitrogens with zero attached hydrogens (tertiary/aromatic N) is 5. The minimum absolute atomic E-state index is 0.00400. The topological polar surface area (TPSA) is 83.9 Å². The Morgan fingerprint density at radius 2 is 1.79 bits per heavy atom. The number of halogens is 4. The van der Waals surface area contributed by atoms with Gasteiger partial charge in [-0.05, 0) is 42.4 Å². The summed E-state index contributed by atoms with van der Waals surface area (Å²) in [5, 5.41) is 3.09. The van der Waals surface area contributed by atoms with Crippen LogP contribution in [0.4, 0.5) is 23.5 Å². The van der Waals surface area contributed by atoms with E-state index in [2.05, 4.69) is 25.3 Å². The van der Waals surface area contributed by atoms with Crippen LogP contribution in [0.5, 0.6) is 0 Å². The molecule has 1 aliphatic heterocycles. The average molecular weight is 470 g/mol. The zero-order chi connectivity index (χ0) is 23.7. The van der Waals surface area contributed by atoms with Crippen molar-refractivity contribution in [1.29, 1.82) is 0 Å². The van der Waals surface area contributed by atoms with Crippen molar-refractivity contribution >= 4 is 11.9 Å². The van der Waals surface area contributed by atoms with Crippen LogP contribution in [-0.4, -0.2) is 49.4 Å². The minimum atomic E-state index is -4.51. The molecular weight excluding hydrogens is 452 g/mol. The number of amides is 1. The van der Waals surface area contributed by atoms with Gasteiger partial charge < -0.3 is 10.2 Å². The molecule has 1 spiro atoms. The molecule has 3 heterocycles. The molecule has 6 rings (SSSR count). The highest BCUT2D eigenvalue weighted by Gasteiger charge is 2.75. The molecule has 0 radical (unpaired) electrons. The summed E-state index contributed by atoms with van der Waals surface area (Å²) < 4.78 is 53.2. The predicted molar refractivity (Wildman–Crippen MR) is 112 cm³/mol. The Labute approximate surface area is 191 Å². The molecule has 4 unspecified atom stereocenters. The van der Waals surface area contributed by atoms with Gasteiger partial charge in [0.1, 0.15) is 5.82 Å². The molecule has 1 N–H and O–H groups in total. The number of benzene rings is 1. The molecule has 11 heteroatoms. The summed E-state index contributed by atoms with van der Waals surface area (Å²) in [6.45, 7) is 0.543. The van der Waals surface area contributed by atoms with Crippen LogP contribution in [-0.2, 0) is 6.18 Å². The Hall–Kier alpha value is -3.63. The van der Waals surface area contributed by atoms with E-state index >= 15 is 0 Å². The smallest absolute Gasteiger partial charge is 0.349 e. The van der Waals surface area contributed by atoms with Crippen molar-refractivity contribution in [3.63, 3.8) is 0 Å². The number of anilines is 1. The number of hydrogen-bond acceptors (Lipinski definition) is 6. The maximum absolute atomic E-state index is 14.8. The third-order valence-electron chi connectivity index (χ3n) is 7.19. The molecular formula is C23H18F4N6O. The lowest BCUT2D eigenvalue weighted by Crippen LogP contribution is -2.60. The molecule has 2 aromatic heterocycles. The molecule has 3 aromatic rings. The number of rotatable bonds is 4. The summed E-state index contributed by atoms with van der Waals surface area (Å²) in [5.41, 5.74) is -0.697. The molecule has 1 saturated heterocycles. The van der Waals surface area contributed by atoms with E-state index in [-0.39, 0.29) is 46.3 Å². The Balaban J connectivity index is 1.27. The van der Waals surface area contributed by atoms with Gasteiger partial charge in [0.2, 0.25) is 5.95 Å². The fraction of sp³-hybridized carbons (Fsp3) is 0.348. The molecule has 34 heavy (non-hydrogen) atoms. The first kappa shape index (κ1) is 20.9. The van der Waals surface area contributed by atoms with Gasteiger partial charge >= 0.3 is 6.18 Å². The fourth-order valence-electron chi connectivity index (χ4n) is 5.59. The van der Waals surface area contributed by atoms with Crippen LogP contribution in [0.3, 0.4) is 0 Å². The fourth-order valence-corrected chi connectivity index (χ4v) is 5.59. The zero-order valence-electron chi connectivity index (χ0n) is 17.6. The minimum Gasteiger partial charge on any atom is -0.349 e. The van der Waals surface area contributed by atoms with E-state index in [0.29, 0.717) is 12.5 Å². The van der Waals surface area contributed by atoms with Crippen molar-refractivity contribution in [2.75, 3.05) is 11.9 Å². The van der Waals surface area contributed by atoms with Crippen LogP contribution in [0, 0.1) is 17.2 Å². The summed E-state index contributed by atoms with van der Waals surface area (Å²) >= 11 is 0. The van der Waals surface area contributed by atoms with Crippen LogP contribution < -0.4 is 5.32 Å². The van der Waals surface area contributed by atoms with Gasteiger partial charge in [0.25, 0.3) is 5.91 Å². The third-order valence-corrected chi connectivity index (χ3v) is 7.19. The van der Waals surface area contributed by atoms with Gasteiger partial charge in [-0.25, -0.2) is 24.3 Å². The van der Waals surface area contributed by atoms with Crippen molar-refractivity contribution in [2.45, 2.75) is 31.1 Å². The quantitative estimate of drug-likeness (QED) is 0.584. The van der Waals surface area contributed by atoms with Crippen LogP contribution in [0.25, 0.3) is 11.4 Å². The molecule has 2 saturated carbocycles. The molecule has 3 aliphatic rings. The lowest BCUT2D eigenvalue weighted by molar-refractivity contribution is -0.138. The van der Waals surface area contributed by atoms with Crippen molar-refractivity contribution in [1.82, 2.24) is 24.8 Å². The van der Waals surface area contributed by atoms with Crippen LogP contribution in [0.1, 0.15) is 28.8 Å². The number of hydrogen-bond donors (Lipinski definition) is 1. The van der Waals surface area contributed by atoms with E-state index in [1.807, 2.05) is 0 Å². The zero-order valence-corrected chi connectivity index (χ0v) is 17.6. The summed E-state index contributed by atoms with van der Waals surface area (Å²) in [5.74, 6) is -0.341. The molecule has 1 amide bonds. The van der Waals surface area contributed by atoms with Gasteiger partial charge in [0, 0.05) is 31.3 Å². The maximum Gasteiger partial charge on any atom is 0.419 e. The third kappa shape index (κ3) is 3.13. The summed E-state index contributed by atoms with van der Waals surface area (Å²) in [6, 6.07) is 5.53. The molecule has 1 aromatic carbocycles. The number of aromatic nitrogens is 4. The number of alkyl halides is 3. The van der Waals surface area contributed by atoms with Crippen molar-refractivity contribution in [3.05, 3.63) is 66.0 Å². The molecule has 174 valence electrons. The van der Waals surface area contributed by atoms with E-state index in [1.165, 1.54) is 24.5 Å². The predicted octanol–water partition coefficient (Wildman–Crippen LogP) is 3.81. The number of nitrogens with one attached hydrogen (secondary N) is 1. The first-order chi connectivity index (χ1) is 16.3. The SMILES string of the molecule is O=C(c1cccc(F)c1-c1ncccn1)N1CC2CC23CC(Nc2ncc(C(F)(F)F)cn2)C13. The normalized spacial score (nSPS) is 26.9. The van der Waals surface area contributed by atoms with E-state index in [4.69, 9.17) is 0 Å². The molecule has 4 atom stereocenters. The number of carbonyl (C=O) groups excluding carboxylic acids is 1. The highest BCUT2D eigenvalue weighted by atomic mass is 19.4. The van der Waals surface area contributed by atoms with Gasteiger partial charge in [-0.1, -0.05) is 6.07 Å². The molecule has 2 aliphatic carbocycles. The van der Waals surface area contributed by atoms with Crippen molar-refractivity contribution in [2.24, 2.45) is 11.3 Å².